The maximum Gasteiger partial charge on any atom is 0.252 e. The molecule has 0 saturated carbocycles. The van der Waals surface area contributed by atoms with Crippen molar-refractivity contribution >= 4 is 35.5 Å². The van der Waals surface area contributed by atoms with Gasteiger partial charge in [-0.25, -0.2) is 0 Å². The average molecular weight is 339 g/mol. The molecule has 114 valence electrons. The number of rotatable bonds is 3. The molecule has 2 heterocycles. The number of fused-ring (bicyclic) bond motifs is 1. The predicted octanol–water partition coefficient (Wildman–Crippen LogP) is 1.93. The van der Waals surface area contributed by atoms with Gasteiger partial charge in [0, 0.05) is 12.1 Å². The van der Waals surface area contributed by atoms with Crippen molar-refractivity contribution < 1.29 is 9.59 Å². The monoisotopic (exact) mass is 338 g/mol. The second kappa shape index (κ2) is 5.62. The van der Waals surface area contributed by atoms with Gasteiger partial charge in [-0.15, -0.1) is 0 Å². The molecular weight excluding hydrogens is 327 g/mol. The fourth-order valence-corrected chi connectivity index (χ4v) is 2.83. The molecule has 1 aliphatic heterocycles. The van der Waals surface area contributed by atoms with Gasteiger partial charge >= 0.3 is 0 Å². The highest BCUT2D eigenvalue weighted by atomic mass is 35.5. The van der Waals surface area contributed by atoms with Crippen molar-refractivity contribution in [3.8, 4) is 11.3 Å². The van der Waals surface area contributed by atoms with Crippen LogP contribution in [0.4, 0.5) is 0 Å². The van der Waals surface area contributed by atoms with Crippen LogP contribution in [-0.2, 0) is 17.9 Å². The number of nitrogens with two attached hydrogens (primary N) is 1. The van der Waals surface area contributed by atoms with Gasteiger partial charge in [-0.1, -0.05) is 29.3 Å². The molecule has 0 saturated heterocycles. The number of halogens is 2. The Morgan fingerprint density at radius 3 is 2.68 bits per heavy atom. The molecule has 1 aliphatic rings. The molecule has 2 N–H and O–H groups in total. The standard InChI is InChI=1S/C14H12Cl2N4O2/c15-9-2-1-8(5-10(9)16)13-12(14(17)22)11-6-19(7-21)3-4-20(11)18-13/h1-2,5,7H,3-4,6H2,(H2,17,22). The average Bonchev–Trinajstić information content (AvgIpc) is 2.88. The van der Waals surface area contributed by atoms with Crippen molar-refractivity contribution in [1.82, 2.24) is 14.7 Å². The Hall–Kier alpha value is -2.05. The highest BCUT2D eigenvalue weighted by molar-refractivity contribution is 6.42. The lowest BCUT2D eigenvalue weighted by Gasteiger charge is -2.24. The molecule has 0 radical (unpaired) electrons. The van der Waals surface area contributed by atoms with E-state index in [1.54, 1.807) is 27.8 Å². The van der Waals surface area contributed by atoms with Gasteiger partial charge in [-0.3, -0.25) is 14.3 Å². The largest absolute Gasteiger partial charge is 0.365 e. The minimum absolute atomic E-state index is 0.302. The summed E-state index contributed by atoms with van der Waals surface area (Å²) in [6.45, 7) is 1.35. The normalized spacial score (nSPS) is 13.8. The van der Waals surface area contributed by atoms with Gasteiger partial charge in [-0.05, 0) is 12.1 Å². The van der Waals surface area contributed by atoms with Crippen LogP contribution in [0.25, 0.3) is 11.3 Å². The summed E-state index contributed by atoms with van der Waals surface area (Å²) < 4.78 is 1.71. The van der Waals surface area contributed by atoms with E-state index in [9.17, 15) is 9.59 Å². The molecule has 0 unspecified atom stereocenters. The third kappa shape index (κ3) is 2.44. The van der Waals surface area contributed by atoms with Crippen molar-refractivity contribution in [3.63, 3.8) is 0 Å². The first-order valence-corrected chi connectivity index (χ1v) is 7.31. The molecular formula is C14H12Cl2N4O2. The molecule has 0 aliphatic carbocycles. The van der Waals surface area contributed by atoms with Crippen molar-refractivity contribution in [2.75, 3.05) is 6.54 Å². The summed E-state index contributed by atoms with van der Waals surface area (Å²) in [5.74, 6) is -0.588. The zero-order chi connectivity index (χ0) is 15.9. The van der Waals surface area contributed by atoms with Crippen molar-refractivity contribution in [2.45, 2.75) is 13.1 Å². The summed E-state index contributed by atoms with van der Waals surface area (Å²) in [4.78, 5) is 24.4. The lowest BCUT2D eigenvalue weighted by molar-refractivity contribution is -0.119. The summed E-state index contributed by atoms with van der Waals surface area (Å²) in [5, 5.41) is 5.24. The van der Waals surface area contributed by atoms with Crippen LogP contribution in [0.15, 0.2) is 18.2 Å². The number of aromatic nitrogens is 2. The Morgan fingerprint density at radius 2 is 2.05 bits per heavy atom. The third-order valence-electron chi connectivity index (χ3n) is 3.60. The van der Waals surface area contributed by atoms with Crippen molar-refractivity contribution in [2.24, 2.45) is 5.73 Å². The first kappa shape index (κ1) is 14.9. The summed E-state index contributed by atoms with van der Waals surface area (Å²) in [6, 6.07) is 5.01. The molecule has 1 aromatic carbocycles. The fourth-order valence-electron chi connectivity index (χ4n) is 2.53. The molecule has 0 atom stereocenters. The minimum atomic E-state index is -0.588. The van der Waals surface area contributed by atoms with E-state index in [0.717, 1.165) is 6.41 Å². The maximum absolute atomic E-state index is 11.9. The van der Waals surface area contributed by atoms with Gasteiger partial charge < -0.3 is 10.6 Å². The molecule has 22 heavy (non-hydrogen) atoms. The molecule has 2 amide bonds. The quantitative estimate of drug-likeness (QED) is 0.868. The van der Waals surface area contributed by atoms with E-state index in [1.165, 1.54) is 0 Å². The number of primary amides is 1. The molecule has 8 heteroatoms. The molecule has 6 nitrogen and oxygen atoms in total. The van der Waals surface area contributed by atoms with Crippen molar-refractivity contribution in [1.29, 1.82) is 0 Å². The van der Waals surface area contributed by atoms with Gasteiger partial charge in [-0.2, -0.15) is 5.10 Å². The van der Waals surface area contributed by atoms with Gasteiger partial charge in [0.05, 0.1) is 34.4 Å². The van der Waals surface area contributed by atoms with Crippen LogP contribution in [-0.4, -0.2) is 33.5 Å². The number of carbonyl (C=O) groups is 2. The number of hydrogen-bond donors (Lipinski definition) is 1. The minimum Gasteiger partial charge on any atom is -0.365 e. The maximum atomic E-state index is 11.9. The molecule has 2 aromatic rings. The molecule has 0 bridgehead atoms. The predicted molar refractivity (Wildman–Crippen MR) is 82.7 cm³/mol. The van der Waals surface area contributed by atoms with E-state index in [-0.39, 0.29) is 0 Å². The Kier molecular flexibility index (Phi) is 3.80. The first-order valence-electron chi connectivity index (χ1n) is 6.55. The summed E-state index contributed by atoms with van der Waals surface area (Å²) in [6.07, 6.45) is 0.750. The smallest absolute Gasteiger partial charge is 0.252 e. The summed E-state index contributed by atoms with van der Waals surface area (Å²) in [5.41, 5.74) is 7.57. The van der Waals surface area contributed by atoms with E-state index in [0.29, 0.717) is 52.2 Å². The number of carbonyl (C=O) groups excluding carboxylic acids is 2. The lowest BCUT2D eigenvalue weighted by atomic mass is 10.0. The Labute approximate surface area is 136 Å². The van der Waals surface area contributed by atoms with E-state index >= 15 is 0 Å². The van der Waals surface area contributed by atoms with Crippen LogP contribution in [0.1, 0.15) is 16.1 Å². The number of benzene rings is 1. The summed E-state index contributed by atoms with van der Waals surface area (Å²) >= 11 is 11.9. The van der Waals surface area contributed by atoms with E-state index in [1.807, 2.05) is 0 Å². The zero-order valence-electron chi connectivity index (χ0n) is 11.4. The summed E-state index contributed by atoms with van der Waals surface area (Å²) in [7, 11) is 0. The zero-order valence-corrected chi connectivity index (χ0v) is 12.9. The van der Waals surface area contributed by atoms with Crippen LogP contribution < -0.4 is 5.73 Å². The van der Waals surface area contributed by atoms with Crippen LogP contribution in [0.5, 0.6) is 0 Å². The van der Waals surface area contributed by atoms with Gasteiger partial charge in [0.1, 0.15) is 5.69 Å². The second-order valence-corrected chi connectivity index (χ2v) is 5.78. The van der Waals surface area contributed by atoms with Gasteiger partial charge in [0.2, 0.25) is 6.41 Å². The highest BCUT2D eigenvalue weighted by Gasteiger charge is 2.27. The number of nitrogens with zero attached hydrogens (tertiary/aromatic N) is 3. The Balaban J connectivity index is 2.16. The third-order valence-corrected chi connectivity index (χ3v) is 4.34. The lowest BCUT2D eigenvalue weighted by Crippen LogP contribution is -2.34. The second-order valence-electron chi connectivity index (χ2n) is 4.96. The van der Waals surface area contributed by atoms with Gasteiger partial charge in [0.15, 0.2) is 0 Å². The van der Waals surface area contributed by atoms with Crippen molar-refractivity contribution in [3.05, 3.63) is 39.5 Å². The van der Waals surface area contributed by atoms with E-state index < -0.39 is 5.91 Å². The fraction of sp³-hybridized carbons (Fsp3) is 0.214. The Bertz CT molecular complexity index is 772. The van der Waals surface area contributed by atoms with Gasteiger partial charge in [0.25, 0.3) is 5.91 Å². The molecule has 1 aromatic heterocycles. The highest BCUT2D eigenvalue weighted by Crippen LogP contribution is 2.32. The van der Waals surface area contributed by atoms with Crippen LogP contribution in [0.2, 0.25) is 10.0 Å². The van der Waals surface area contributed by atoms with E-state index in [2.05, 4.69) is 5.10 Å². The molecule has 0 spiro atoms. The molecule has 0 fully saturated rings. The van der Waals surface area contributed by atoms with Crippen LogP contribution in [0, 0.1) is 0 Å². The SMILES string of the molecule is NC(=O)c1c(-c2ccc(Cl)c(Cl)c2)nn2c1CN(C=O)CC2. The first-order chi connectivity index (χ1) is 10.5. The van der Waals surface area contributed by atoms with E-state index in [4.69, 9.17) is 28.9 Å². The Morgan fingerprint density at radius 1 is 1.27 bits per heavy atom. The number of hydrogen-bond acceptors (Lipinski definition) is 3. The van der Waals surface area contributed by atoms with Crippen LogP contribution >= 0.6 is 23.2 Å². The van der Waals surface area contributed by atoms with Crippen LogP contribution in [0.3, 0.4) is 0 Å². The number of amides is 2. The molecule has 3 rings (SSSR count). The topological polar surface area (TPSA) is 81.2 Å².